The summed E-state index contributed by atoms with van der Waals surface area (Å²) in [5, 5.41) is 0. The maximum Gasteiger partial charge on any atom is 0.472 e. The van der Waals surface area contributed by atoms with Gasteiger partial charge in [-0.3, -0.25) is 18.6 Å². The largest absolute Gasteiger partial charge is 0.472 e. The lowest BCUT2D eigenvalue weighted by atomic mass is 10.0. The van der Waals surface area contributed by atoms with E-state index in [2.05, 4.69) is 54.8 Å². The molecule has 8 nitrogen and oxygen atoms in total. The molecule has 0 aliphatic heterocycles. The number of phosphoric ester groups is 1. The average molecular weight is 643 g/mol. The number of carbonyl (C=O) groups is 2. The molecule has 2 atom stereocenters. The number of hydrogen-bond donors (Lipinski definition) is 1. The summed E-state index contributed by atoms with van der Waals surface area (Å²) in [7, 11) is -3.21. The molecule has 0 radical (unpaired) electrons. The third-order valence-electron chi connectivity index (χ3n) is 7.15. The SMILES string of the molecule is CC/C=C\C/C=C\C/C=C\CCCCCC(=O)OC(COC(=O)CCCCCCCCCCCCCC)COP(=O)(O)OC. The highest BCUT2D eigenvalue weighted by molar-refractivity contribution is 7.47. The topological polar surface area (TPSA) is 108 Å². The Labute approximate surface area is 268 Å². The van der Waals surface area contributed by atoms with Crippen molar-refractivity contribution >= 4 is 19.8 Å². The molecule has 0 spiro atoms. The highest BCUT2D eigenvalue weighted by Crippen LogP contribution is 2.42. The van der Waals surface area contributed by atoms with Gasteiger partial charge in [-0.25, -0.2) is 4.57 Å². The van der Waals surface area contributed by atoms with Gasteiger partial charge in [-0.05, 0) is 44.9 Å². The molecule has 0 fully saturated rings. The fourth-order valence-corrected chi connectivity index (χ4v) is 4.95. The second-order valence-corrected chi connectivity index (χ2v) is 12.8. The van der Waals surface area contributed by atoms with Crippen molar-refractivity contribution in [3.63, 3.8) is 0 Å². The molecule has 0 amide bonds. The fourth-order valence-electron chi connectivity index (χ4n) is 4.49. The molecule has 2 unspecified atom stereocenters. The number of phosphoric acid groups is 1. The first-order valence-electron chi connectivity index (χ1n) is 17.2. The normalized spacial score (nSPS) is 14.0. The van der Waals surface area contributed by atoms with Gasteiger partial charge in [0, 0.05) is 20.0 Å². The van der Waals surface area contributed by atoms with E-state index in [-0.39, 0.29) is 25.4 Å². The van der Waals surface area contributed by atoms with E-state index in [4.69, 9.17) is 14.0 Å². The molecule has 0 aromatic heterocycles. The van der Waals surface area contributed by atoms with Crippen LogP contribution < -0.4 is 0 Å². The van der Waals surface area contributed by atoms with E-state index in [1.165, 1.54) is 57.8 Å². The van der Waals surface area contributed by atoms with Crippen LogP contribution in [-0.4, -0.2) is 43.3 Å². The maximum atomic E-state index is 12.4. The number of allylic oxidation sites excluding steroid dienone is 6. The van der Waals surface area contributed by atoms with Crippen molar-refractivity contribution in [2.45, 2.75) is 155 Å². The molecule has 0 aliphatic carbocycles. The molecule has 1 N–H and O–H groups in total. The Morgan fingerprint density at radius 1 is 0.659 bits per heavy atom. The lowest BCUT2D eigenvalue weighted by molar-refractivity contribution is -0.161. The van der Waals surface area contributed by atoms with Crippen molar-refractivity contribution in [2.24, 2.45) is 0 Å². The van der Waals surface area contributed by atoms with Crippen LogP contribution in [0.4, 0.5) is 0 Å². The predicted octanol–water partition coefficient (Wildman–Crippen LogP) is 10.1. The summed E-state index contributed by atoms with van der Waals surface area (Å²) in [4.78, 5) is 34.2. The first kappa shape index (κ1) is 42.3. The minimum Gasteiger partial charge on any atom is -0.462 e. The Balaban J connectivity index is 4.16. The molecule has 0 saturated carbocycles. The second kappa shape index (κ2) is 31.3. The Bertz CT molecular complexity index is 824. The Morgan fingerprint density at radius 3 is 1.73 bits per heavy atom. The monoisotopic (exact) mass is 642 g/mol. The number of hydrogen-bond acceptors (Lipinski definition) is 7. The molecule has 0 saturated heterocycles. The number of esters is 2. The Morgan fingerprint density at radius 2 is 1.16 bits per heavy atom. The van der Waals surface area contributed by atoms with E-state index in [0.717, 1.165) is 64.9 Å². The minimum atomic E-state index is -4.26. The summed E-state index contributed by atoms with van der Waals surface area (Å²) in [5.41, 5.74) is 0. The summed E-state index contributed by atoms with van der Waals surface area (Å²) in [6, 6.07) is 0. The van der Waals surface area contributed by atoms with E-state index in [1.807, 2.05) is 0 Å². The van der Waals surface area contributed by atoms with E-state index in [1.54, 1.807) is 0 Å². The molecule has 0 aliphatic rings. The average Bonchev–Trinajstić information content (AvgIpc) is 3.01. The lowest BCUT2D eigenvalue weighted by Crippen LogP contribution is -2.29. The zero-order valence-electron chi connectivity index (χ0n) is 28.1. The van der Waals surface area contributed by atoms with E-state index in [9.17, 15) is 19.0 Å². The highest BCUT2D eigenvalue weighted by Gasteiger charge is 2.24. The van der Waals surface area contributed by atoms with Crippen LogP contribution in [0.2, 0.25) is 0 Å². The highest BCUT2D eigenvalue weighted by atomic mass is 31.2. The quantitative estimate of drug-likeness (QED) is 0.0344. The molecule has 0 rings (SSSR count). The smallest absolute Gasteiger partial charge is 0.462 e. The van der Waals surface area contributed by atoms with Crippen molar-refractivity contribution in [1.29, 1.82) is 0 Å². The molecule has 44 heavy (non-hydrogen) atoms. The van der Waals surface area contributed by atoms with Gasteiger partial charge in [-0.2, -0.15) is 0 Å². The van der Waals surface area contributed by atoms with Crippen LogP contribution in [0.3, 0.4) is 0 Å². The molecule has 256 valence electrons. The zero-order valence-corrected chi connectivity index (χ0v) is 29.0. The number of unbranched alkanes of at least 4 members (excludes halogenated alkanes) is 14. The van der Waals surface area contributed by atoms with Crippen LogP contribution in [0.5, 0.6) is 0 Å². The van der Waals surface area contributed by atoms with Gasteiger partial charge >= 0.3 is 19.8 Å². The molecular weight excluding hydrogens is 579 g/mol. The second-order valence-electron chi connectivity index (χ2n) is 11.3. The number of rotatable bonds is 31. The first-order chi connectivity index (χ1) is 21.3. The van der Waals surface area contributed by atoms with Crippen LogP contribution in [0.25, 0.3) is 0 Å². The molecule has 9 heteroatoms. The Hall–Kier alpha value is -1.73. The molecule has 0 heterocycles. The third-order valence-corrected chi connectivity index (χ3v) is 8.09. The summed E-state index contributed by atoms with van der Waals surface area (Å²) >= 11 is 0. The van der Waals surface area contributed by atoms with Gasteiger partial charge in [-0.15, -0.1) is 0 Å². The summed E-state index contributed by atoms with van der Waals surface area (Å²) in [6.45, 7) is 3.72. The number of carbonyl (C=O) groups excluding carboxylic acids is 2. The van der Waals surface area contributed by atoms with Crippen LogP contribution in [0.1, 0.15) is 149 Å². The van der Waals surface area contributed by atoms with Crippen molar-refractivity contribution in [2.75, 3.05) is 20.3 Å². The van der Waals surface area contributed by atoms with Gasteiger partial charge in [0.15, 0.2) is 6.10 Å². The summed E-state index contributed by atoms with van der Waals surface area (Å²) < 4.78 is 31.7. The van der Waals surface area contributed by atoms with Gasteiger partial charge < -0.3 is 14.4 Å². The molecule has 0 bridgehead atoms. The van der Waals surface area contributed by atoms with Gasteiger partial charge in [0.2, 0.25) is 0 Å². The van der Waals surface area contributed by atoms with Crippen LogP contribution in [0, 0.1) is 0 Å². The van der Waals surface area contributed by atoms with Crippen molar-refractivity contribution in [3.05, 3.63) is 36.5 Å². The molecule has 0 aromatic carbocycles. The van der Waals surface area contributed by atoms with E-state index in [0.29, 0.717) is 6.42 Å². The maximum absolute atomic E-state index is 12.4. The van der Waals surface area contributed by atoms with Crippen LogP contribution >= 0.6 is 7.82 Å². The fraction of sp³-hybridized carbons (Fsp3) is 0.771. The van der Waals surface area contributed by atoms with E-state index < -0.39 is 26.5 Å². The standard InChI is InChI=1S/C35H63O8P/c1-4-6-8-10-12-14-16-18-20-22-24-26-28-30-35(37)43-33(32-42-44(38,39)40-3)31-41-34(36)29-27-25-23-21-19-17-15-13-11-9-7-5-2/h6,8,12,14,18,20,33H,4-5,7,9-11,13,15-17,19,21-32H2,1-3H3,(H,38,39)/b8-6-,14-12-,20-18-. The van der Waals surface area contributed by atoms with Crippen molar-refractivity contribution in [3.8, 4) is 0 Å². The first-order valence-corrected chi connectivity index (χ1v) is 18.7. The Kier molecular flexibility index (Phi) is 30.0. The van der Waals surface area contributed by atoms with Gasteiger partial charge in [0.1, 0.15) is 6.61 Å². The zero-order chi connectivity index (χ0) is 32.6. The third kappa shape index (κ3) is 30.3. The predicted molar refractivity (Wildman–Crippen MR) is 179 cm³/mol. The number of ether oxygens (including phenoxy) is 2. The van der Waals surface area contributed by atoms with Gasteiger partial charge in [0.05, 0.1) is 6.61 Å². The lowest BCUT2D eigenvalue weighted by Gasteiger charge is -2.19. The van der Waals surface area contributed by atoms with Crippen molar-refractivity contribution in [1.82, 2.24) is 0 Å². The summed E-state index contributed by atoms with van der Waals surface area (Å²) in [6.07, 6.45) is 33.4. The van der Waals surface area contributed by atoms with Gasteiger partial charge in [0.25, 0.3) is 0 Å². The van der Waals surface area contributed by atoms with Crippen LogP contribution in [0.15, 0.2) is 36.5 Å². The van der Waals surface area contributed by atoms with E-state index >= 15 is 0 Å². The van der Waals surface area contributed by atoms with Crippen molar-refractivity contribution < 1.29 is 37.6 Å². The molecule has 0 aromatic rings. The van der Waals surface area contributed by atoms with Gasteiger partial charge in [-0.1, -0.05) is 127 Å². The minimum absolute atomic E-state index is 0.210. The summed E-state index contributed by atoms with van der Waals surface area (Å²) in [5.74, 6) is -0.840. The molecular formula is C35H63O8P. The van der Waals surface area contributed by atoms with Crippen LogP contribution in [-0.2, 0) is 32.7 Å².